The second-order valence-corrected chi connectivity index (χ2v) is 5.67. The van der Waals surface area contributed by atoms with Crippen LogP contribution < -0.4 is 17.3 Å². The Labute approximate surface area is 133 Å². The second-order valence-electron chi connectivity index (χ2n) is 5.67. The number of rotatable bonds is 6. The van der Waals surface area contributed by atoms with Gasteiger partial charge in [-0.15, -0.1) is 0 Å². The van der Waals surface area contributed by atoms with Crippen LogP contribution in [0.1, 0.15) is 23.5 Å². The number of hydrogen-bond donors (Lipinski definition) is 2. The van der Waals surface area contributed by atoms with Crippen LogP contribution in [0.3, 0.4) is 0 Å². The molecule has 0 spiro atoms. The van der Waals surface area contributed by atoms with E-state index in [9.17, 15) is 5.11 Å². The summed E-state index contributed by atoms with van der Waals surface area (Å²) in [5.74, 6) is 0.256. The quantitative estimate of drug-likeness (QED) is 0.683. The highest BCUT2D eigenvalue weighted by molar-refractivity contribution is 5.32. The molecule has 2 rings (SSSR count). The van der Waals surface area contributed by atoms with Gasteiger partial charge in [0.1, 0.15) is 12.6 Å². The first-order valence-corrected chi connectivity index (χ1v) is 7.24. The molecule has 2 nitrogen and oxygen atoms in total. The molecule has 0 saturated heterocycles. The Morgan fingerprint density at radius 3 is 1.67 bits per heavy atom. The van der Waals surface area contributed by atoms with E-state index < -0.39 is 0 Å². The van der Waals surface area contributed by atoms with E-state index in [0.29, 0.717) is 0 Å². The summed E-state index contributed by atoms with van der Waals surface area (Å²) >= 11 is 0. The molecule has 3 heteroatoms. The highest BCUT2D eigenvalue weighted by atomic mass is 35.5. The topological polar surface area (TPSA) is 24.7 Å². The van der Waals surface area contributed by atoms with Crippen molar-refractivity contribution < 1.29 is 22.4 Å². The van der Waals surface area contributed by atoms with E-state index in [1.807, 2.05) is 12.1 Å². The molecule has 0 saturated carbocycles. The first-order valence-electron chi connectivity index (χ1n) is 7.24. The number of hydrogen-bond acceptors (Lipinski definition) is 1. The summed E-state index contributed by atoms with van der Waals surface area (Å²) < 4.78 is 0. The number of likely N-dealkylation sites (N-methyl/N-ethyl adjacent to an activating group) is 1. The molecular formula is C18H24ClNO. The Hall–Kier alpha value is -1.35. The van der Waals surface area contributed by atoms with Crippen molar-refractivity contribution in [3.05, 3.63) is 71.8 Å². The average Bonchev–Trinajstić information content (AvgIpc) is 2.46. The minimum Gasteiger partial charge on any atom is -1.00 e. The van der Waals surface area contributed by atoms with Gasteiger partial charge in [-0.1, -0.05) is 60.7 Å². The standard InChI is InChI=1S/C18H23NO.ClH/c1-19(2)14-17(20)13-18(15-9-5-3-6-10-15)16-11-7-4-8-12-16;/h3-12,17-18,20H,13-14H2,1-2H3;1H. The van der Waals surface area contributed by atoms with Gasteiger partial charge in [-0.25, -0.2) is 0 Å². The average molecular weight is 306 g/mol. The number of quaternary nitrogens is 1. The highest BCUT2D eigenvalue weighted by Crippen LogP contribution is 2.28. The van der Waals surface area contributed by atoms with Gasteiger partial charge in [0.15, 0.2) is 0 Å². The summed E-state index contributed by atoms with van der Waals surface area (Å²) in [4.78, 5) is 1.28. The van der Waals surface area contributed by atoms with Crippen molar-refractivity contribution >= 4 is 0 Å². The Kier molecular flexibility index (Phi) is 7.44. The van der Waals surface area contributed by atoms with Crippen LogP contribution in [0, 0.1) is 0 Å². The smallest absolute Gasteiger partial charge is 0.104 e. The first-order chi connectivity index (χ1) is 9.66. The van der Waals surface area contributed by atoms with Crippen molar-refractivity contribution in [2.45, 2.75) is 18.4 Å². The molecule has 0 bridgehead atoms. The molecule has 2 aromatic rings. The van der Waals surface area contributed by atoms with Crippen molar-refractivity contribution in [2.75, 3.05) is 20.6 Å². The van der Waals surface area contributed by atoms with E-state index in [1.54, 1.807) is 0 Å². The van der Waals surface area contributed by atoms with Crippen LogP contribution in [0.2, 0.25) is 0 Å². The predicted molar refractivity (Wildman–Crippen MR) is 83.0 cm³/mol. The molecular weight excluding hydrogens is 282 g/mol. The van der Waals surface area contributed by atoms with Crippen LogP contribution in [0.15, 0.2) is 60.7 Å². The molecule has 2 aromatic carbocycles. The van der Waals surface area contributed by atoms with Gasteiger partial charge in [0.05, 0.1) is 14.1 Å². The van der Waals surface area contributed by atoms with Crippen molar-refractivity contribution in [1.29, 1.82) is 0 Å². The zero-order chi connectivity index (χ0) is 14.4. The molecule has 2 N–H and O–H groups in total. The van der Waals surface area contributed by atoms with Gasteiger partial charge >= 0.3 is 0 Å². The van der Waals surface area contributed by atoms with Gasteiger partial charge < -0.3 is 22.4 Å². The highest BCUT2D eigenvalue weighted by Gasteiger charge is 2.19. The van der Waals surface area contributed by atoms with Crippen LogP contribution in [-0.2, 0) is 0 Å². The largest absolute Gasteiger partial charge is 1.00 e. The zero-order valence-corrected chi connectivity index (χ0v) is 13.4. The molecule has 114 valence electrons. The van der Waals surface area contributed by atoms with Gasteiger partial charge in [-0.2, -0.15) is 0 Å². The molecule has 0 heterocycles. The Morgan fingerprint density at radius 2 is 1.29 bits per heavy atom. The van der Waals surface area contributed by atoms with Crippen LogP contribution >= 0.6 is 0 Å². The minimum absolute atomic E-state index is 0. The molecule has 0 radical (unpaired) electrons. The Bertz CT molecular complexity index is 462. The monoisotopic (exact) mass is 305 g/mol. The molecule has 0 fully saturated rings. The number of aliphatic hydroxyl groups excluding tert-OH is 1. The molecule has 0 aliphatic carbocycles. The van der Waals surface area contributed by atoms with Crippen LogP contribution in [0.25, 0.3) is 0 Å². The van der Waals surface area contributed by atoms with Gasteiger partial charge in [0, 0.05) is 5.92 Å². The number of nitrogens with one attached hydrogen (secondary N) is 1. The van der Waals surface area contributed by atoms with E-state index in [0.717, 1.165) is 13.0 Å². The van der Waals surface area contributed by atoms with Gasteiger partial charge in [-0.3, -0.25) is 0 Å². The van der Waals surface area contributed by atoms with Crippen molar-refractivity contribution in [3.63, 3.8) is 0 Å². The van der Waals surface area contributed by atoms with Crippen LogP contribution in [0.5, 0.6) is 0 Å². The predicted octanol–water partition coefficient (Wildman–Crippen LogP) is -1.28. The molecule has 0 amide bonds. The van der Waals surface area contributed by atoms with E-state index in [-0.39, 0.29) is 24.4 Å². The number of benzene rings is 2. The van der Waals surface area contributed by atoms with Crippen molar-refractivity contribution in [2.24, 2.45) is 0 Å². The fourth-order valence-electron chi connectivity index (χ4n) is 2.66. The fourth-order valence-corrected chi connectivity index (χ4v) is 2.66. The maximum absolute atomic E-state index is 10.3. The van der Waals surface area contributed by atoms with E-state index in [2.05, 4.69) is 62.6 Å². The van der Waals surface area contributed by atoms with Gasteiger partial charge in [0.2, 0.25) is 0 Å². The zero-order valence-electron chi connectivity index (χ0n) is 12.7. The van der Waals surface area contributed by atoms with E-state index >= 15 is 0 Å². The first kappa shape index (κ1) is 17.7. The molecule has 1 atom stereocenters. The lowest BCUT2D eigenvalue weighted by molar-refractivity contribution is -0.861. The Balaban J connectivity index is 0.00000220. The third kappa shape index (κ3) is 5.50. The van der Waals surface area contributed by atoms with E-state index in [4.69, 9.17) is 0 Å². The van der Waals surface area contributed by atoms with Crippen LogP contribution in [-0.4, -0.2) is 31.9 Å². The normalized spacial score (nSPS) is 12.2. The minimum atomic E-state index is -0.287. The molecule has 0 aromatic heterocycles. The molecule has 0 aliphatic rings. The van der Waals surface area contributed by atoms with Gasteiger partial charge in [-0.05, 0) is 17.5 Å². The summed E-state index contributed by atoms with van der Waals surface area (Å²) in [5.41, 5.74) is 2.54. The summed E-state index contributed by atoms with van der Waals surface area (Å²) in [6.07, 6.45) is 0.476. The lowest BCUT2D eigenvalue weighted by Crippen LogP contribution is -3.07. The fraction of sp³-hybridized carbons (Fsp3) is 0.333. The maximum Gasteiger partial charge on any atom is 0.104 e. The lowest BCUT2D eigenvalue weighted by Gasteiger charge is -2.22. The van der Waals surface area contributed by atoms with Gasteiger partial charge in [0.25, 0.3) is 0 Å². The maximum atomic E-state index is 10.3. The van der Waals surface area contributed by atoms with Crippen molar-refractivity contribution in [1.82, 2.24) is 0 Å². The summed E-state index contributed by atoms with van der Waals surface area (Å²) in [5, 5.41) is 10.3. The number of aliphatic hydroxyl groups is 1. The summed E-state index contributed by atoms with van der Waals surface area (Å²) in [6, 6.07) is 20.9. The molecule has 0 aliphatic heterocycles. The summed E-state index contributed by atoms with van der Waals surface area (Å²) in [7, 11) is 4.15. The molecule has 1 unspecified atom stereocenters. The third-order valence-electron chi connectivity index (χ3n) is 3.56. The lowest BCUT2D eigenvalue weighted by atomic mass is 9.86. The number of halogens is 1. The van der Waals surface area contributed by atoms with Crippen molar-refractivity contribution in [3.8, 4) is 0 Å². The van der Waals surface area contributed by atoms with E-state index in [1.165, 1.54) is 16.0 Å². The Morgan fingerprint density at radius 1 is 0.857 bits per heavy atom. The SMILES string of the molecule is C[NH+](C)CC(O)CC(c1ccccc1)c1ccccc1.[Cl-]. The van der Waals surface area contributed by atoms with Crippen LogP contribution in [0.4, 0.5) is 0 Å². The summed E-state index contributed by atoms with van der Waals surface area (Å²) in [6.45, 7) is 0.774. The molecule has 21 heavy (non-hydrogen) atoms. The second kappa shape index (κ2) is 8.83. The third-order valence-corrected chi connectivity index (χ3v) is 3.56.